The van der Waals surface area contributed by atoms with Gasteiger partial charge in [0, 0.05) is 11.9 Å². The first kappa shape index (κ1) is 13.1. The first-order chi connectivity index (χ1) is 9.15. The largest absolute Gasteiger partial charge is 0.379 e. The number of carbonyl (C=O) groups is 1. The number of anilines is 1. The Kier molecular flexibility index (Phi) is 4.13. The molecule has 1 amide bonds. The fourth-order valence-corrected chi connectivity index (χ4v) is 1.82. The van der Waals surface area contributed by atoms with Crippen LogP contribution in [0.25, 0.3) is 0 Å². The van der Waals surface area contributed by atoms with Crippen molar-refractivity contribution in [2.75, 3.05) is 5.32 Å². The zero-order valence-corrected chi connectivity index (χ0v) is 10.9. The molecule has 1 aromatic carbocycles. The minimum absolute atomic E-state index is 0.241. The summed E-state index contributed by atoms with van der Waals surface area (Å²) < 4.78 is 0. The molecule has 0 aliphatic carbocycles. The van der Waals surface area contributed by atoms with Gasteiger partial charge in [-0.1, -0.05) is 24.3 Å². The third kappa shape index (κ3) is 3.81. The molecular weight excluding hydrogens is 238 g/mol. The van der Waals surface area contributed by atoms with Crippen LogP contribution in [0.1, 0.15) is 16.8 Å². The van der Waals surface area contributed by atoms with E-state index in [-0.39, 0.29) is 12.3 Å². The van der Waals surface area contributed by atoms with Gasteiger partial charge in [0.2, 0.25) is 5.91 Å². The summed E-state index contributed by atoms with van der Waals surface area (Å²) in [5.74, 6) is -0.331. The summed E-state index contributed by atoms with van der Waals surface area (Å²) in [7, 11) is 0. The molecule has 0 bridgehead atoms. The Bertz CT molecular complexity index is 564. The van der Waals surface area contributed by atoms with E-state index in [1.807, 2.05) is 49.5 Å². The Balaban J connectivity index is 2.06. The number of primary amides is 1. The highest BCUT2D eigenvalue weighted by Crippen LogP contribution is 2.16. The summed E-state index contributed by atoms with van der Waals surface area (Å²) in [5, 5.41) is 3.28. The predicted molar refractivity (Wildman–Crippen MR) is 75.6 cm³/mol. The number of nitrogens with zero attached hydrogens (tertiary/aromatic N) is 1. The van der Waals surface area contributed by atoms with E-state index in [0.29, 0.717) is 6.54 Å². The molecule has 4 heteroatoms. The van der Waals surface area contributed by atoms with Gasteiger partial charge in [-0.15, -0.1) is 0 Å². The van der Waals surface area contributed by atoms with E-state index in [1.165, 1.54) is 0 Å². The van der Waals surface area contributed by atoms with E-state index in [1.54, 1.807) is 0 Å². The summed E-state index contributed by atoms with van der Waals surface area (Å²) in [6.07, 6.45) is 2.08. The van der Waals surface area contributed by atoms with Crippen molar-refractivity contribution in [2.45, 2.75) is 19.9 Å². The molecule has 0 saturated heterocycles. The zero-order valence-electron chi connectivity index (χ0n) is 10.9. The van der Waals surface area contributed by atoms with Crippen molar-refractivity contribution in [3.05, 3.63) is 59.4 Å². The molecule has 0 fully saturated rings. The van der Waals surface area contributed by atoms with Gasteiger partial charge in [-0.25, -0.2) is 0 Å². The predicted octanol–water partition coefficient (Wildman–Crippen LogP) is 2.03. The normalized spacial score (nSPS) is 10.2. The lowest BCUT2D eigenvalue weighted by molar-refractivity contribution is -0.117. The van der Waals surface area contributed by atoms with E-state index >= 15 is 0 Å². The molecule has 0 aliphatic rings. The Morgan fingerprint density at radius 2 is 2.05 bits per heavy atom. The number of amides is 1. The minimum atomic E-state index is -0.331. The van der Waals surface area contributed by atoms with Crippen LogP contribution in [0.5, 0.6) is 0 Å². The number of para-hydroxylation sites is 1. The van der Waals surface area contributed by atoms with Crippen LogP contribution in [0.15, 0.2) is 42.6 Å². The summed E-state index contributed by atoms with van der Waals surface area (Å²) in [6, 6.07) is 11.7. The lowest BCUT2D eigenvalue weighted by Crippen LogP contribution is -2.15. The molecule has 2 aromatic rings. The number of aromatic nitrogens is 1. The highest BCUT2D eigenvalue weighted by Gasteiger charge is 2.04. The summed E-state index contributed by atoms with van der Waals surface area (Å²) >= 11 is 0. The van der Waals surface area contributed by atoms with Gasteiger partial charge in [-0.05, 0) is 30.2 Å². The number of benzene rings is 1. The molecule has 0 saturated carbocycles. The third-order valence-corrected chi connectivity index (χ3v) is 2.81. The molecule has 0 unspecified atom stereocenters. The van der Waals surface area contributed by atoms with E-state index in [2.05, 4.69) is 10.3 Å². The van der Waals surface area contributed by atoms with Gasteiger partial charge < -0.3 is 11.1 Å². The van der Waals surface area contributed by atoms with Gasteiger partial charge in [0.25, 0.3) is 0 Å². The first-order valence-corrected chi connectivity index (χ1v) is 6.17. The number of nitrogens with two attached hydrogens (primary N) is 1. The molecule has 0 radical (unpaired) electrons. The number of pyridine rings is 1. The quantitative estimate of drug-likeness (QED) is 0.859. The molecule has 2 rings (SSSR count). The van der Waals surface area contributed by atoms with Gasteiger partial charge in [0.05, 0.1) is 18.7 Å². The summed E-state index contributed by atoms with van der Waals surface area (Å²) in [5.41, 5.74) is 9.16. The van der Waals surface area contributed by atoms with Gasteiger partial charge in [0.1, 0.15) is 0 Å². The van der Waals surface area contributed by atoms with Crippen LogP contribution in [0.2, 0.25) is 0 Å². The van der Waals surface area contributed by atoms with Crippen molar-refractivity contribution in [1.82, 2.24) is 4.98 Å². The highest BCUT2D eigenvalue weighted by atomic mass is 16.1. The maximum atomic E-state index is 11.0. The fourth-order valence-electron chi connectivity index (χ4n) is 1.82. The maximum absolute atomic E-state index is 11.0. The van der Waals surface area contributed by atoms with Crippen molar-refractivity contribution in [3.8, 4) is 0 Å². The van der Waals surface area contributed by atoms with Crippen LogP contribution in [0, 0.1) is 6.92 Å². The van der Waals surface area contributed by atoms with Crippen LogP contribution in [0.3, 0.4) is 0 Å². The number of nitrogens with one attached hydrogen (secondary N) is 1. The van der Waals surface area contributed by atoms with Crippen molar-refractivity contribution < 1.29 is 4.79 Å². The molecule has 98 valence electrons. The average Bonchev–Trinajstić information content (AvgIpc) is 2.39. The number of hydrogen-bond donors (Lipinski definition) is 2. The number of aryl methyl sites for hydroxylation is 1. The van der Waals surface area contributed by atoms with E-state index in [0.717, 1.165) is 22.5 Å². The smallest absolute Gasteiger partial charge is 0.221 e. The van der Waals surface area contributed by atoms with Gasteiger partial charge in [-0.3, -0.25) is 9.78 Å². The molecule has 3 N–H and O–H groups in total. The fraction of sp³-hybridized carbons (Fsp3) is 0.200. The van der Waals surface area contributed by atoms with Crippen molar-refractivity contribution in [1.29, 1.82) is 0 Å². The van der Waals surface area contributed by atoms with Crippen LogP contribution in [-0.2, 0) is 17.8 Å². The molecule has 19 heavy (non-hydrogen) atoms. The van der Waals surface area contributed by atoms with Gasteiger partial charge in [0.15, 0.2) is 0 Å². The topological polar surface area (TPSA) is 68.0 Å². The summed E-state index contributed by atoms with van der Waals surface area (Å²) in [4.78, 5) is 15.3. The second-order valence-electron chi connectivity index (χ2n) is 4.48. The van der Waals surface area contributed by atoms with Gasteiger partial charge in [-0.2, -0.15) is 0 Å². The SMILES string of the molecule is Cc1ccc(CNc2ccccc2CC(N)=O)nc1. The van der Waals surface area contributed by atoms with Crippen molar-refractivity contribution in [2.24, 2.45) is 5.73 Å². The molecular formula is C15H17N3O. The van der Waals surface area contributed by atoms with E-state index in [9.17, 15) is 4.79 Å². The second kappa shape index (κ2) is 6.00. The second-order valence-corrected chi connectivity index (χ2v) is 4.48. The summed E-state index contributed by atoms with van der Waals surface area (Å²) in [6.45, 7) is 2.63. The first-order valence-electron chi connectivity index (χ1n) is 6.17. The Morgan fingerprint density at radius 1 is 1.26 bits per heavy atom. The third-order valence-electron chi connectivity index (χ3n) is 2.81. The van der Waals surface area contributed by atoms with Crippen LogP contribution in [-0.4, -0.2) is 10.9 Å². The average molecular weight is 255 g/mol. The van der Waals surface area contributed by atoms with Crippen LogP contribution >= 0.6 is 0 Å². The van der Waals surface area contributed by atoms with Crippen LogP contribution < -0.4 is 11.1 Å². The Hall–Kier alpha value is -2.36. The zero-order chi connectivity index (χ0) is 13.7. The molecule has 1 aromatic heterocycles. The maximum Gasteiger partial charge on any atom is 0.221 e. The lowest BCUT2D eigenvalue weighted by atomic mass is 10.1. The monoisotopic (exact) mass is 255 g/mol. The Morgan fingerprint density at radius 3 is 2.74 bits per heavy atom. The molecule has 4 nitrogen and oxygen atoms in total. The standard InChI is InChI=1S/C15H17N3O/c1-11-6-7-13(17-9-11)10-18-14-5-3-2-4-12(14)8-15(16)19/h2-7,9,18H,8,10H2,1H3,(H2,16,19). The van der Waals surface area contributed by atoms with Crippen LogP contribution in [0.4, 0.5) is 5.69 Å². The molecule has 0 aliphatic heterocycles. The van der Waals surface area contributed by atoms with Crippen molar-refractivity contribution >= 4 is 11.6 Å². The number of carbonyl (C=O) groups excluding carboxylic acids is 1. The molecule has 0 atom stereocenters. The number of hydrogen-bond acceptors (Lipinski definition) is 3. The van der Waals surface area contributed by atoms with Crippen molar-refractivity contribution in [3.63, 3.8) is 0 Å². The van der Waals surface area contributed by atoms with E-state index < -0.39 is 0 Å². The molecule has 0 spiro atoms. The highest BCUT2D eigenvalue weighted by molar-refractivity contribution is 5.78. The number of rotatable bonds is 5. The minimum Gasteiger partial charge on any atom is -0.379 e. The Labute approximate surface area is 112 Å². The molecule has 1 heterocycles. The van der Waals surface area contributed by atoms with Gasteiger partial charge >= 0.3 is 0 Å². The van der Waals surface area contributed by atoms with E-state index in [4.69, 9.17) is 5.73 Å². The lowest BCUT2D eigenvalue weighted by Gasteiger charge is -2.10.